The fourth-order valence-corrected chi connectivity index (χ4v) is 2.50. The number of morpholine rings is 1. The minimum absolute atomic E-state index is 0.142. The summed E-state index contributed by atoms with van der Waals surface area (Å²) in [6.07, 6.45) is 4.04. The molecule has 0 spiro atoms. The number of hydrogen-bond donors (Lipinski definition) is 1. The van der Waals surface area contributed by atoms with Crippen LogP contribution in [-0.4, -0.2) is 45.6 Å². The van der Waals surface area contributed by atoms with Gasteiger partial charge < -0.3 is 14.7 Å². The molecule has 1 aliphatic heterocycles. The van der Waals surface area contributed by atoms with Gasteiger partial charge in [0, 0.05) is 18.4 Å². The van der Waals surface area contributed by atoms with Crippen molar-refractivity contribution in [2.75, 3.05) is 6.61 Å². The number of carboxylic acid groups (broad SMARTS) is 1. The Balaban J connectivity index is 2.00. The lowest BCUT2D eigenvalue weighted by molar-refractivity contribution is -0.174. The van der Waals surface area contributed by atoms with Crippen molar-refractivity contribution in [3.63, 3.8) is 0 Å². The summed E-state index contributed by atoms with van der Waals surface area (Å²) < 4.78 is 5.21. The Bertz CT molecular complexity index is 501. The SMILES string of the molecule is O=C(O)[C@H]1OCC(=O)N(C2CC2)[C@@H]1c1cccnc1. The number of nitrogens with zero attached hydrogens (tertiary/aromatic N) is 2. The fraction of sp³-hybridized carbons (Fsp3) is 0.462. The predicted octanol–water partition coefficient (Wildman–Crippen LogP) is 0.597. The number of carbonyl (C=O) groups is 2. The largest absolute Gasteiger partial charge is 0.479 e. The van der Waals surface area contributed by atoms with Crippen molar-refractivity contribution in [2.24, 2.45) is 0 Å². The van der Waals surface area contributed by atoms with E-state index in [1.807, 2.05) is 0 Å². The maximum absolute atomic E-state index is 12.0. The van der Waals surface area contributed by atoms with Crippen molar-refractivity contribution in [1.82, 2.24) is 9.88 Å². The monoisotopic (exact) mass is 262 g/mol. The minimum atomic E-state index is -1.05. The van der Waals surface area contributed by atoms with Crippen LogP contribution in [0.5, 0.6) is 0 Å². The molecule has 2 heterocycles. The highest BCUT2D eigenvalue weighted by atomic mass is 16.5. The fourth-order valence-electron chi connectivity index (χ4n) is 2.50. The van der Waals surface area contributed by atoms with Crippen LogP contribution in [0.3, 0.4) is 0 Å². The van der Waals surface area contributed by atoms with Gasteiger partial charge in [-0.15, -0.1) is 0 Å². The first-order chi connectivity index (χ1) is 9.18. The molecule has 6 heteroatoms. The molecule has 1 saturated heterocycles. The van der Waals surface area contributed by atoms with E-state index in [4.69, 9.17) is 4.74 Å². The van der Waals surface area contributed by atoms with E-state index in [0.717, 1.165) is 12.8 Å². The Kier molecular flexibility index (Phi) is 2.94. The Hall–Kier alpha value is -1.95. The summed E-state index contributed by atoms with van der Waals surface area (Å²) in [4.78, 5) is 29.0. The van der Waals surface area contributed by atoms with Crippen LogP contribution in [0.2, 0.25) is 0 Å². The van der Waals surface area contributed by atoms with Crippen LogP contribution in [-0.2, 0) is 14.3 Å². The third-order valence-electron chi connectivity index (χ3n) is 3.47. The Morgan fingerprint density at radius 1 is 1.47 bits per heavy atom. The molecule has 1 aromatic rings. The lowest BCUT2D eigenvalue weighted by atomic mass is 9.99. The van der Waals surface area contributed by atoms with Gasteiger partial charge in [-0.25, -0.2) is 4.79 Å². The number of pyridine rings is 1. The van der Waals surface area contributed by atoms with Gasteiger partial charge in [-0.1, -0.05) is 6.07 Å². The van der Waals surface area contributed by atoms with Crippen LogP contribution in [0.4, 0.5) is 0 Å². The highest BCUT2D eigenvalue weighted by Gasteiger charge is 2.47. The first-order valence-electron chi connectivity index (χ1n) is 6.24. The Labute approximate surface area is 110 Å². The van der Waals surface area contributed by atoms with Gasteiger partial charge in [-0.3, -0.25) is 9.78 Å². The number of rotatable bonds is 3. The molecule has 100 valence electrons. The van der Waals surface area contributed by atoms with E-state index >= 15 is 0 Å². The van der Waals surface area contributed by atoms with E-state index < -0.39 is 18.1 Å². The number of carboxylic acids is 1. The highest BCUT2D eigenvalue weighted by molar-refractivity contribution is 5.83. The summed E-state index contributed by atoms with van der Waals surface area (Å²) in [6, 6.07) is 3.08. The maximum Gasteiger partial charge on any atom is 0.335 e. The smallest absolute Gasteiger partial charge is 0.335 e. The van der Waals surface area contributed by atoms with Crippen LogP contribution in [0.15, 0.2) is 24.5 Å². The average Bonchev–Trinajstić information content (AvgIpc) is 3.23. The Morgan fingerprint density at radius 3 is 2.84 bits per heavy atom. The number of ether oxygens (including phenoxy) is 1. The highest BCUT2D eigenvalue weighted by Crippen LogP contribution is 2.39. The molecule has 0 radical (unpaired) electrons. The van der Waals surface area contributed by atoms with E-state index in [1.165, 1.54) is 0 Å². The normalized spacial score (nSPS) is 27.4. The molecular weight excluding hydrogens is 248 g/mol. The second-order valence-electron chi connectivity index (χ2n) is 4.83. The molecule has 1 aromatic heterocycles. The molecular formula is C13H14N2O4. The van der Waals surface area contributed by atoms with Gasteiger partial charge in [0.05, 0.1) is 6.04 Å². The summed E-state index contributed by atoms with van der Waals surface area (Å²) in [5.41, 5.74) is 0.704. The van der Waals surface area contributed by atoms with E-state index in [9.17, 15) is 14.7 Å². The van der Waals surface area contributed by atoms with Crippen molar-refractivity contribution in [3.8, 4) is 0 Å². The summed E-state index contributed by atoms with van der Waals surface area (Å²) in [5.74, 6) is -1.19. The van der Waals surface area contributed by atoms with Crippen molar-refractivity contribution in [3.05, 3.63) is 30.1 Å². The Morgan fingerprint density at radius 2 is 2.26 bits per heavy atom. The molecule has 2 aliphatic rings. The van der Waals surface area contributed by atoms with Crippen LogP contribution in [0.1, 0.15) is 24.4 Å². The first kappa shape index (κ1) is 12.1. The topological polar surface area (TPSA) is 79.7 Å². The molecule has 3 rings (SSSR count). The summed E-state index contributed by atoms with van der Waals surface area (Å²) in [6.45, 7) is -0.162. The van der Waals surface area contributed by atoms with E-state index in [-0.39, 0.29) is 18.6 Å². The number of hydrogen-bond acceptors (Lipinski definition) is 4. The molecule has 19 heavy (non-hydrogen) atoms. The van der Waals surface area contributed by atoms with Gasteiger partial charge in [0.2, 0.25) is 5.91 Å². The van der Waals surface area contributed by atoms with E-state index in [0.29, 0.717) is 5.56 Å². The summed E-state index contributed by atoms with van der Waals surface area (Å²) in [7, 11) is 0. The number of carbonyl (C=O) groups excluding carboxylic acids is 1. The summed E-state index contributed by atoms with van der Waals surface area (Å²) >= 11 is 0. The number of amides is 1. The average molecular weight is 262 g/mol. The third kappa shape index (κ3) is 2.19. The zero-order chi connectivity index (χ0) is 13.4. The van der Waals surface area contributed by atoms with Gasteiger partial charge in [-0.2, -0.15) is 0 Å². The van der Waals surface area contributed by atoms with Crippen molar-refractivity contribution in [2.45, 2.75) is 31.0 Å². The summed E-state index contributed by atoms with van der Waals surface area (Å²) in [5, 5.41) is 9.29. The van der Waals surface area contributed by atoms with Gasteiger partial charge in [-0.05, 0) is 24.5 Å². The molecule has 2 fully saturated rings. The standard InChI is InChI=1S/C13H14N2O4/c16-10-7-19-12(13(17)18)11(15(10)9-3-4-9)8-2-1-5-14-6-8/h1-2,5-6,9,11-12H,3-4,7H2,(H,17,18)/t11-,12+/m1/s1. The quantitative estimate of drug-likeness (QED) is 0.862. The molecule has 1 N–H and O–H groups in total. The first-order valence-corrected chi connectivity index (χ1v) is 6.24. The van der Waals surface area contributed by atoms with E-state index in [1.54, 1.807) is 29.4 Å². The maximum atomic E-state index is 12.0. The van der Waals surface area contributed by atoms with Gasteiger partial charge >= 0.3 is 5.97 Å². The van der Waals surface area contributed by atoms with Crippen LogP contribution in [0.25, 0.3) is 0 Å². The van der Waals surface area contributed by atoms with Crippen LogP contribution < -0.4 is 0 Å². The zero-order valence-electron chi connectivity index (χ0n) is 10.2. The number of aromatic nitrogens is 1. The molecule has 0 aromatic carbocycles. The van der Waals surface area contributed by atoms with Gasteiger partial charge in [0.25, 0.3) is 0 Å². The second-order valence-corrected chi connectivity index (χ2v) is 4.83. The molecule has 0 unspecified atom stereocenters. The van der Waals surface area contributed by atoms with Gasteiger partial charge in [0.15, 0.2) is 6.10 Å². The molecule has 1 saturated carbocycles. The van der Waals surface area contributed by atoms with Crippen LogP contribution >= 0.6 is 0 Å². The molecule has 1 aliphatic carbocycles. The second kappa shape index (κ2) is 4.62. The predicted molar refractivity (Wildman–Crippen MR) is 64.2 cm³/mol. The lowest BCUT2D eigenvalue weighted by Crippen LogP contribution is -2.52. The van der Waals surface area contributed by atoms with Crippen molar-refractivity contribution >= 4 is 11.9 Å². The van der Waals surface area contributed by atoms with Crippen LogP contribution in [0, 0.1) is 0 Å². The van der Waals surface area contributed by atoms with Crippen molar-refractivity contribution < 1.29 is 19.4 Å². The zero-order valence-corrected chi connectivity index (χ0v) is 10.2. The van der Waals surface area contributed by atoms with Crippen molar-refractivity contribution in [1.29, 1.82) is 0 Å². The molecule has 0 bridgehead atoms. The lowest BCUT2D eigenvalue weighted by Gasteiger charge is -2.39. The molecule has 1 amide bonds. The number of aliphatic carboxylic acids is 1. The third-order valence-corrected chi connectivity index (χ3v) is 3.47. The van der Waals surface area contributed by atoms with Gasteiger partial charge in [0.1, 0.15) is 6.61 Å². The minimum Gasteiger partial charge on any atom is -0.479 e. The molecule has 6 nitrogen and oxygen atoms in total. The molecule has 2 atom stereocenters. The van der Waals surface area contributed by atoms with E-state index in [2.05, 4.69) is 4.98 Å².